The van der Waals surface area contributed by atoms with Crippen molar-refractivity contribution in [3.63, 3.8) is 0 Å². The van der Waals surface area contributed by atoms with Gasteiger partial charge in [0.15, 0.2) is 0 Å². The number of carbonyl (C=O) groups is 2. The minimum Gasteiger partial charge on any atom is -0.475 e. The molecule has 0 radical (unpaired) electrons. The average Bonchev–Trinajstić information content (AvgIpc) is 3.16. The lowest BCUT2D eigenvalue weighted by Gasteiger charge is -2.22. The summed E-state index contributed by atoms with van der Waals surface area (Å²) in [5.74, 6) is -2.89. The van der Waals surface area contributed by atoms with Crippen LogP contribution in [0.25, 0.3) is 0 Å². The number of aromatic nitrogens is 1. The van der Waals surface area contributed by atoms with Gasteiger partial charge in [0.2, 0.25) is 5.91 Å². The molecule has 1 aliphatic heterocycles. The summed E-state index contributed by atoms with van der Waals surface area (Å²) in [6.45, 7) is 0.641. The van der Waals surface area contributed by atoms with Crippen LogP contribution in [-0.2, 0) is 16.0 Å². The lowest BCUT2D eigenvalue weighted by Crippen LogP contribution is -2.46. The fraction of sp³-hybridized carbons (Fsp3) is 0.538. The van der Waals surface area contributed by atoms with Crippen LogP contribution in [0.2, 0.25) is 0 Å². The molecule has 0 aromatic carbocycles. The summed E-state index contributed by atoms with van der Waals surface area (Å²) < 4.78 is 31.7. The van der Waals surface area contributed by atoms with E-state index in [1.54, 1.807) is 10.4 Å². The van der Waals surface area contributed by atoms with Gasteiger partial charge < -0.3 is 15.7 Å². The van der Waals surface area contributed by atoms with E-state index in [-0.39, 0.29) is 11.9 Å². The molecule has 1 amide bonds. The fourth-order valence-electron chi connectivity index (χ4n) is 2.03. The largest absolute Gasteiger partial charge is 0.490 e. The third-order valence-corrected chi connectivity index (χ3v) is 3.79. The van der Waals surface area contributed by atoms with Gasteiger partial charge in [0, 0.05) is 18.3 Å². The highest BCUT2D eigenvalue weighted by Gasteiger charge is 2.38. The van der Waals surface area contributed by atoms with Gasteiger partial charge in [0.1, 0.15) is 6.04 Å². The van der Waals surface area contributed by atoms with Crippen LogP contribution in [0.4, 0.5) is 13.2 Å². The van der Waals surface area contributed by atoms with E-state index in [2.05, 4.69) is 11.1 Å². The Kier molecular flexibility index (Phi) is 7.12. The van der Waals surface area contributed by atoms with E-state index in [0.29, 0.717) is 13.0 Å². The normalized spacial score (nSPS) is 18.3. The number of rotatable bonds is 3. The smallest absolute Gasteiger partial charge is 0.475 e. The van der Waals surface area contributed by atoms with E-state index in [4.69, 9.17) is 20.9 Å². The van der Waals surface area contributed by atoms with Gasteiger partial charge in [-0.25, -0.2) is 9.78 Å². The average molecular weight is 364 g/mol. The van der Waals surface area contributed by atoms with E-state index in [0.717, 1.165) is 18.5 Å². The highest BCUT2D eigenvalue weighted by molar-refractivity contribution is 7.07. The number of alkyl halides is 3. The quantitative estimate of drug-likeness (QED) is 0.830. The first-order valence-electron chi connectivity index (χ1n) is 6.79. The number of aliphatic carboxylic acids is 1. The lowest BCUT2D eigenvalue weighted by atomic mass is 10.1. The summed E-state index contributed by atoms with van der Waals surface area (Å²) in [6.07, 6.45) is -3.00. The Bertz CT molecular complexity index is 601. The number of nitrogens with zero attached hydrogens (tertiary/aromatic N) is 3. The number of carboxylic acid groups (broad SMARTS) is 1. The Balaban J connectivity index is 0.000000351. The second kappa shape index (κ2) is 8.60. The first kappa shape index (κ1) is 19.9. The van der Waals surface area contributed by atoms with Crippen molar-refractivity contribution >= 4 is 23.2 Å². The maximum atomic E-state index is 12.1. The predicted molar refractivity (Wildman–Crippen MR) is 77.8 cm³/mol. The first-order chi connectivity index (χ1) is 11.2. The summed E-state index contributed by atoms with van der Waals surface area (Å²) in [5, 5.41) is 17.9. The molecule has 11 heteroatoms. The number of nitrogens with two attached hydrogens (primary N) is 1. The molecule has 3 N–H and O–H groups in total. The molecular formula is C13H15F3N4O3S. The number of carbonyl (C=O) groups excluding carboxylic acids is 1. The van der Waals surface area contributed by atoms with E-state index in [1.165, 1.54) is 11.3 Å². The third-order valence-electron chi connectivity index (χ3n) is 3.16. The van der Waals surface area contributed by atoms with Crippen molar-refractivity contribution in [3.8, 4) is 6.07 Å². The Labute approximate surface area is 139 Å². The number of nitriles is 1. The number of carboxylic acids is 1. The van der Waals surface area contributed by atoms with E-state index in [1.807, 2.05) is 5.38 Å². The van der Waals surface area contributed by atoms with Crippen molar-refractivity contribution in [1.82, 2.24) is 9.88 Å². The molecule has 2 rings (SSSR count). The van der Waals surface area contributed by atoms with E-state index < -0.39 is 18.2 Å². The summed E-state index contributed by atoms with van der Waals surface area (Å²) >= 11 is 1.49. The van der Waals surface area contributed by atoms with Gasteiger partial charge in [-0.1, -0.05) is 0 Å². The van der Waals surface area contributed by atoms with Crippen LogP contribution in [0.1, 0.15) is 18.5 Å². The second-order valence-electron chi connectivity index (χ2n) is 4.91. The van der Waals surface area contributed by atoms with Gasteiger partial charge in [0.25, 0.3) is 0 Å². The molecule has 0 spiro atoms. The Morgan fingerprint density at radius 2 is 2.21 bits per heavy atom. The molecule has 1 aliphatic rings. The topological polar surface area (TPSA) is 120 Å². The van der Waals surface area contributed by atoms with Gasteiger partial charge in [-0.15, -0.1) is 11.3 Å². The molecule has 2 heterocycles. The molecule has 1 saturated heterocycles. The highest BCUT2D eigenvalue weighted by atomic mass is 32.1. The molecule has 0 bridgehead atoms. The molecule has 132 valence electrons. The number of halogens is 3. The number of hydrogen-bond donors (Lipinski definition) is 2. The highest BCUT2D eigenvalue weighted by Crippen LogP contribution is 2.18. The maximum Gasteiger partial charge on any atom is 0.490 e. The van der Waals surface area contributed by atoms with Crippen molar-refractivity contribution in [2.24, 2.45) is 5.73 Å². The van der Waals surface area contributed by atoms with Crippen LogP contribution < -0.4 is 5.73 Å². The molecule has 0 saturated carbocycles. The van der Waals surface area contributed by atoms with Crippen molar-refractivity contribution in [1.29, 1.82) is 5.26 Å². The standard InChI is InChI=1S/C11H14N4OS.C2HF3O2/c12-5-9-2-1-3-15(9)11(16)10(13)4-8-6-17-7-14-8;3-2(4,5)1(6)7/h6-7,9-10H,1-4,13H2;(H,6,7)/t9-,10-;/m0./s1. The molecule has 0 unspecified atom stereocenters. The summed E-state index contributed by atoms with van der Waals surface area (Å²) in [7, 11) is 0. The van der Waals surface area contributed by atoms with Gasteiger partial charge in [-0.05, 0) is 12.8 Å². The van der Waals surface area contributed by atoms with Gasteiger partial charge >= 0.3 is 12.1 Å². The zero-order valence-corrected chi connectivity index (χ0v) is 13.2. The molecule has 0 aliphatic carbocycles. The Morgan fingerprint density at radius 1 is 1.58 bits per heavy atom. The number of likely N-dealkylation sites (tertiary alicyclic amines) is 1. The number of amides is 1. The SMILES string of the molecule is N#C[C@@H]1CCCN1C(=O)[C@@H](N)Cc1cscn1.O=C(O)C(F)(F)F. The zero-order chi connectivity index (χ0) is 18.3. The van der Waals surface area contributed by atoms with E-state index >= 15 is 0 Å². The van der Waals surface area contributed by atoms with Crippen LogP contribution in [0.15, 0.2) is 10.9 Å². The monoisotopic (exact) mass is 364 g/mol. The molecule has 1 fully saturated rings. The van der Waals surface area contributed by atoms with Crippen LogP contribution in [0, 0.1) is 11.3 Å². The van der Waals surface area contributed by atoms with Crippen molar-refractivity contribution in [2.45, 2.75) is 37.5 Å². The summed E-state index contributed by atoms with van der Waals surface area (Å²) in [6, 6.07) is 1.25. The molecule has 24 heavy (non-hydrogen) atoms. The van der Waals surface area contributed by atoms with Crippen LogP contribution in [-0.4, -0.2) is 51.7 Å². The number of hydrogen-bond acceptors (Lipinski definition) is 6. The molecule has 7 nitrogen and oxygen atoms in total. The second-order valence-corrected chi connectivity index (χ2v) is 5.63. The molecule has 1 aromatic rings. The van der Waals surface area contributed by atoms with Gasteiger partial charge in [-0.2, -0.15) is 18.4 Å². The van der Waals surface area contributed by atoms with Crippen molar-refractivity contribution in [3.05, 3.63) is 16.6 Å². The Morgan fingerprint density at radius 3 is 2.67 bits per heavy atom. The predicted octanol–water partition coefficient (Wildman–Crippen LogP) is 1.16. The molecular weight excluding hydrogens is 349 g/mol. The van der Waals surface area contributed by atoms with Crippen molar-refractivity contribution in [2.75, 3.05) is 6.54 Å². The lowest BCUT2D eigenvalue weighted by molar-refractivity contribution is -0.192. The van der Waals surface area contributed by atoms with E-state index in [9.17, 15) is 18.0 Å². The molecule has 1 aromatic heterocycles. The van der Waals surface area contributed by atoms with Crippen molar-refractivity contribution < 1.29 is 27.9 Å². The van der Waals surface area contributed by atoms with Crippen LogP contribution >= 0.6 is 11.3 Å². The summed E-state index contributed by atoms with van der Waals surface area (Å²) in [5.41, 5.74) is 8.43. The minimum atomic E-state index is -5.08. The maximum absolute atomic E-state index is 12.1. The zero-order valence-electron chi connectivity index (χ0n) is 12.4. The van der Waals surface area contributed by atoms with Crippen LogP contribution in [0.3, 0.4) is 0 Å². The number of thiazole rings is 1. The first-order valence-corrected chi connectivity index (χ1v) is 7.74. The fourth-order valence-corrected chi connectivity index (χ4v) is 2.60. The third kappa shape index (κ3) is 5.78. The minimum absolute atomic E-state index is 0.137. The molecule has 2 atom stereocenters. The van der Waals surface area contributed by atoms with Gasteiger partial charge in [-0.3, -0.25) is 4.79 Å². The van der Waals surface area contributed by atoms with Gasteiger partial charge in [0.05, 0.1) is 23.3 Å². The Hall–Kier alpha value is -2.19. The van der Waals surface area contributed by atoms with Crippen LogP contribution in [0.5, 0.6) is 0 Å². The summed E-state index contributed by atoms with van der Waals surface area (Å²) in [4.78, 5) is 26.7.